The molecule has 84 valence electrons. The van der Waals surface area contributed by atoms with E-state index in [2.05, 4.69) is 15.3 Å². The summed E-state index contributed by atoms with van der Waals surface area (Å²) in [5, 5.41) is 3.33. The predicted molar refractivity (Wildman–Crippen MR) is 57.8 cm³/mol. The van der Waals surface area contributed by atoms with E-state index in [-0.39, 0.29) is 5.91 Å². The van der Waals surface area contributed by atoms with Crippen molar-refractivity contribution in [2.75, 3.05) is 13.1 Å². The van der Waals surface area contributed by atoms with Crippen molar-refractivity contribution in [2.45, 2.75) is 25.4 Å². The smallest absolute Gasteiger partial charge is 0.273 e. The maximum Gasteiger partial charge on any atom is 0.273 e. The number of rotatable bonds is 1. The summed E-state index contributed by atoms with van der Waals surface area (Å²) in [5.74, 6) is 0.0612. The van der Waals surface area contributed by atoms with Crippen molar-refractivity contribution in [1.29, 1.82) is 0 Å². The molecule has 0 bridgehead atoms. The summed E-state index contributed by atoms with van der Waals surface area (Å²) < 4.78 is 0. The minimum absolute atomic E-state index is 0.0612. The van der Waals surface area contributed by atoms with Gasteiger partial charge >= 0.3 is 0 Å². The number of nitrogens with zero attached hydrogens (tertiary/aromatic N) is 3. The van der Waals surface area contributed by atoms with Crippen LogP contribution in [-0.4, -0.2) is 39.9 Å². The summed E-state index contributed by atoms with van der Waals surface area (Å²) in [6.07, 6.45) is 5.41. The molecule has 0 saturated carbocycles. The van der Waals surface area contributed by atoms with Gasteiger partial charge in [0.05, 0.1) is 6.54 Å². The van der Waals surface area contributed by atoms with Crippen LogP contribution in [0.2, 0.25) is 0 Å². The van der Waals surface area contributed by atoms with E-state index in [1.807, 2.05) is 4.90 Å². The van der Waals surface area contributed by atoms with Gasteiger partial charge in [-0.1, -0.05) is 0 Å². The number of hydrogen-bond acceptors (Lipinski definition) is 4. The highest BCUT2D eigenvalue weighted by Crippen LogP contribution is 2.24. The van der Waals surface area contributed by atoms with Gasteiger partial charge in [0, 0.05) is 24.3 Å². The van der Waals surface area contributed by atoms with Crippen LogP contribution in [0.15, 0.2) is 12.5 Å². The lowest BCUT2D eigenvalue weighted by molar-refractivity contribution is 0.0670. The molecule has 1 amide bonds. The number of fused-ring (bicyclic) bond motifs is 1. The highest BCUT2D eigenvalue weighted by atomic mass is 16.2. The van der Waals surface area contributed by atoms with Gasteiger partial charge in [-0.25, -0.2) is 9.97 Å². The predicted octanol–water partition coefficient (Wildman–Crippen LogP) is 0.184. The highest BCUT2D eigenvalue weighted by Gasteiger charge is 2.34. The number of nitrogens with one attached hydrogen (secondary N) is 1. The van der Waals surface area contributed by atoms with Gasteiger partial charge in [-0.2, -0.15) is 0 Å². The van der Waals surface area contributed by atoms with Crippen molar-refractivity contribution in [1.82, 2.24) is 20.2 Å². The van der Waals surface area contributed by atoms with Crippen LogP contribution in [0.3, 0.4) is 0 Å². The number of carbonyl (C=O) groups is 1. The highest BCUT2D eigenvalue weighted by molar-refractivity contribution is 5.96. The Morgan fingerprint density at radius 3 is 3.19 bits per heavy atom. The number of piperidine rings is 1. The van der Waals surface area contributed by atoms with Gasteiger partial charge < -0.3 is 10.2 Å². The molecule has 1 unspecified atom stereocenters. The normalized spacial score (nSPS) is 24.6. The van der Waals surface area contributed by atoms with Crippen LogP contribution >= 0.6 is 0 Å². The van der Waals surface area contributed by atoms with Crippen LogP contribution in [0.25, 0.3) is 0 Å². The topological polar surface area (TPSA) is 58.1 Å². The molecular formula is C11H14N4O. The minimum atomic E-state index is 0.0612. The van der Waals surface area contributed by atoms with Crippen molar-refractivity contribution in [3.8, 4) is 0 Å². The zero-order chi connectivity index (χ0) is 11.0. The molecule has 0 spiro atoms. The van der Waals surface area contributed by atoms with Gasteiger partial charge in [-0.3, -0.25) is 4.79 Å². The first-order chi connectivity index (χ1) is 7.86. The Balaban J connectivity index is 1.83. The quantitative estimate of drug-likeness (QED) is 0.730. The fourth-order valence-corrected chi connectivity index (χ4v) is 2.45. The van der Waals surface area contributed by atoms with Crippen LogP contribution < -0.4 is 5.32 Å². The average molecular weight is 218 g/mol. The SMILES string of the molecule is O=C1c2ncncc2CN1C1CCCNC1. The lowest BCUT2D eigenvalue weighted by Crippen LogP contribution is -2.46. The van der Waals surface area contributed by atoms with Gasteiger partial charge in [0.25, 0.3) is 5.91 Å². The van der Waals surface area contributed by atoms with E-state index in [1.165, 1.54) is 6.33 Å². The molecule has 3 rings (SSSR count). The summed E-state index contributed by atoms with van der Waals surface area (Å²) in [6, 6.07) is 0.315. The van der Waals surface area contributed by atoms with E-state index >= 15 is 0 Å². The largest absolute Gasteiger partial charge is 0.329 e. The molecule has 1 atom stereocenters. The molecule has 16 heavy (non-hydrogen) atoms. The summed E-state index contributed by atoms with van der Waals surface area (Å²) in [4.78, 5) is 22.1. The molecule has 1 N–H and O–H groups in total. The van der Waals surface area contributed by atoms with Gasteiger partial charge in [0.2, 0.25) is 0 Å². The number of amides is 1. The molecule has 2 aliphatic heterocycles. The molecule has 3 heterocycles. The maximum absolute atomic E-state index is 12.1. The molecule has 0 aliphatic carbocycles. The monoisotopic (exact) mass is 218 g/mol. The lowest BCUT2D eigenvalue weighted by atomic mass is 10.1. The van der Waals surface area contributed by atoms with Crippen molar-refractivity contribution in [3.05, 3.63) is 23.8 Å². The second-order valence-corrected chi connectivity index (χ2v) is 4.33. The number of carbonyl (C=O) groups excluding carboxylic acids is 1. The average Bonchev–Trinajstić information content (AvgIpc) is 2.69. The third-order valence-electron chi connectivity index (χ3n) is 3.30. The summed E-state index contributed by atoms with van der Waals surface area (Å²) >= 11 is 0. The molecule has 1 aromatic rings. The molecule has 1 aromatic heterocycles. The number of aromatic nitrogens is 2. The van der Waals surface area contributed by atoms with E-state index in [0.717, 1.165) is 31.5 Å². The Labute approximate surface area is 93.9 Å². The first kappa shape index (κ1) is 9.72. The molecule has 5 nitrogen and oxygen atoms in total. The second-order valence-electron chi connectivity index (χ2n) is 4.33. The minimum Gasteiger partial charge on any atom is -0.329 e. The van der Waals surface area contributed by atoms with Crippen LogP contribution in [0.4, 0.5) is 0 Å². The van der Waals surface area contributed by atoms with E-state index in [9.17, 15) is 4.79 Å². The van der Waals surface area contributed by atoms with E-state index in [1.54, 1.807) is 6.20 Å². The van der Waals surface area contributed by atoms with Gasteiger partial charge in [0.15, 0.2) is 0 Å². The van der Waals surface area contributed by atoms with Crippen LogP contribution in [0.1, 0.15) is 28.9 Å². The molecule has 0 aromatic carbocycles. The zero-order valence-corrected chi connectivity index (χ0v) is 9.02. The molecule has 1 fully saturated rings. The van der Waals surface area contributed by atoms with E-state index in [0.29, 0.717) is 18.3 Å². The Morgan fingerprint density at radius 2 is 2.44 bits per heavy atom. The Bertz CT molecular complexity index is 414. The van der Waals surface area contributed by atoms with Gasteiger partial charge in [0.1, 0.15) is 12.0 Å². The van der Waals surface area contributed by atoms with Crippen LogP contribution in [-0.2, 0) is 6.54 Å². The van der Waals surface area contributed by atoms with Crippen molar-refractivity contribution < 1.29 is 4.79 Å². The molecule has 0 radical (unpaired) electrons. The molecule has 2 aliphatic rings. The summed E-state index contributed by atoms with van der Waals surface area (Å²) in [6.45, 7) is 2.62. The van der Waals surface area contributed by atoms with E-state index < -0.39 is 0 Å². The van der Waals surface area contributed by atoms with E-state index in [4.69, 9.17) is 0 Å². The van der Waals surface area contributed by atoms with Crippen molar-refractivity contribution in [2.24, 2.45) is 0 Å². The second kappa shape index (κ2) is 3.83. The molecule has 5 heteroatoms. The Hall–Kier alpha value is -1.49. The van der Waals surface area contributed by atoms with Crippen molar-refractivity contribution in [3.63, 3.8) is 0 Å². The third-order valence-corrected chi connectivity index (χ3v) is 3.30. The lowest BCUT2D eigenvalue weighted by Gasteiger charge is -2.31. The fraction of sp³-hybridized carbons (Fsp3) is 0.545. The van der Waals surface area contributed by atoms with Crippen LogP contribution in [0, 0.1) is 0 Å². The zero-order valence-electron chi connectivity index (χ0n) is 9.02. The Kier molecular flexibility index (Phi) is 2.32. The number of hydrogen-bond donors (Lipinski definition) is 1. The van der Waals surface area contributed by atoms with Crippen LogP contribution in [0.5, 0.6) is 0 Å². The summed E-state index contributed by atoms with van der Waals surface area (Å²) in [5.41, 5.74) is 1.54. The first-order valence-electron chi connectivity index (χ1n) is 5.67. The van der Waals surface area contributed by atoms with Gasteiger partial charge in [-0.05, 0) is 19.4 Å². The summed E-state index contributed by atoms with van der Waals surface area (Å²) in [7, 11) is 0. The molecule has 1 saturated heterocycles. The fourth-order valence-electron chi connectivity index (χ4n) is 2.45. The maximum atomic E-state index is 12.1. The molecular weight excluding hydrogens is 204 g/mol. The van der Waals surface area contributed by atoms with Crippen molar-refractivity contribution >= 4 is 5.91 Å². The van der Waals surface area contributed by atoms with Gasteiger partial charge in [-0.15, -0.1) is 0 Å². The standard InChI is InChI=1S/C11H14N4O/c16-11-10-8(4-13-7-14-10)6-15(11)9-2-1-3-12-5-9/h4,7,9,12H,1-3,5-6H2. The Morgan fingerprint density at radius 1 is 1.50 bits per heavy atom. The first-order valence-corrected chi connectivity index (χ1v) is 5.67. The third kappa shape index (κ3) is 1.48.